The Hall–Kier alpha value is -5.14. The number of aryl methyl sites for hydroxylation is 1. The fourth-order valence-electron chi connectivity index (χ4n) is 5.76. The summed E-state index contributed by atoms with van der Waals surface area (Å²) in [5.41, 5.74) is -0.780. The van der Waals surface area contributed by atoms with Gasteiger partial charge in [-0.05, 0) is 75.3 Å². The summed E-state index contributed by atoms with van der Waals surface area (Å²) < 4.78 is 39.4. The molecule has 2 fully saturated rings. The van der Waals surface area contributed by atoms with E-state index in [1.165, 1.54) is 42.6 Å². The van der Waals surface area contributed by atoms with Crippen LogP contribution in [0.5, 0.6) is 0 Å². The molecular formula is C33H35F2N5O7. The first-order valence-corrected chi connectivity index (χ1v) is 15.4. The van der Waals surface area contributed by atoms with Crippen LogP contribution < -0.4 is 21.5 Å². The smallest absolute Gasteiger partial charge is 0.330 e. The minimum atomic E-state index is -1.32. The number of hydrogen-bond donors (Lipinski definition) is 3. The molecule has 0 bridgehead atoms. The first-order chi connectivity index (χ1) is 22.6. The highest BCUT2D eigenvalue weighted by molar-refractivity contribution is 6.02. The van der Waals surface area contributed by atoms with Gasteiger partial charge in [0.2, 0.25) is 11.8 Å². The number of benzene rings is 1. The van der Waals surface area contributed by atoms with Crippen LogP contribution in [0, 0.1) is 24.5 Å². The van der Waals surface area contributed by atoms with Gasteiger partial charge in [-0.25, -0.2) is 13.6 Å². The van der Waals surface area contributed by atoms with Crippen LogP contribution >= 0.6 is 0 Å². The van der Waals surface area contributed by atoms with Crippen molar-refractivity contribution in [3.8, 4) is 0 Å². The molecule has 3 unspecified atom stereocenters. The Labute approximate surface area is 268 Å². The molecule has 1 saturated carbocycles. The van der Waals surface area contributed by atoms with Crippen LogP contribution in [0.4, 0.5) is 14.5 Å². The fraction of sp³-hybridized carbons (Fsp3) is 0.394. The van der Waals surface area contributed by atoms with Gasteiger partial charge in [0.05, 0.1) is 0 Å². The Morgan fingerprint density at radius 2 is 1.91 bits per heavy atom. The molecule has 1 saturated heterocycles. The van der Waals surface area contributed by atoms with Gasteiger partial charge in [-0.15, -0.1) is 0 Å². The van der Waals surface area contributed by atoms with E-state index in [1.54, 1.807) is 6.92 Å². The molecule has 0 radical (unpaired) electrons. The highest BCUT2D eigenvalue weighted by Crippen LogP contribution is 2.23. The zero-order valence-corrected chi connectivity index (χ0v) is 25.7. The highest BCUT2D eigenvalue weighted by Gasteiger charge is 2.30. The van der Waals surface area contributed by atoms with Gasteiger partial charge >= 0.3 is 5.97 Å². The largest absolute Gasteiger partial charge is 0.459 e. The Kier molecular flexibility index (Phi) is 10.6. The molecule has 1 aromatic carbocycles. The highest BCUT2D eigenvalue weighted by atomic mass is 19.2. The normalized spacial score (nSPS) is 17.8. The van der Waals surface area contributed by atoms with Crippen LogP contribution in [0.3, 0.4) is 0 Å². The number of aromatic nitrogens is 2. The molecule has 14 heteroatoms. The maximum atomic E-state index is 14.2. The average molecular weight is 652 g/mol. The minimum Gasteiger partial charge on any atom is -0.459 e. The number of pyridine rings is 1. The second-order valence-corrected chi connectivity index (χ2v) is 11.7. The first kappa shape index (κ1) is 33.2. The van der Waals surface area contributed by atoms with E-state index in [1.807, 2.05) is 0 Å². The van der Waals surface area contributed by atoms with Crippen molar-refractivity contribution < 1.29 is 37.2 Å². The average Bonchev–Trinajstić information content (AvgIpc) is 3.81. The van der Waals surface area contributed by atoms with Crippen molar-refractivity contribution in [3.05, 3.63) is 93.8 Å². The molecule has 3 N–H and O–H groups in total. The number of nitrogens with zero attached hydrogens (tertiary/aromatic N) is 2. The molecule has 248 valence electrons. The predicted molar refractivity (Wildman–Crippen MR) is 164 cm³/mol. The van der Waals surface area contributed by atoms with Gasteiger partial charge in [-0.2, -0.15) is 0 Å². The van der Waals surface area contributed by atoms with Crippen molar-refractivity contribution in [1.29, 1.82) is 0 Å². The van der Waals surface area contributed by atoms with Gasteiger partial charge < -0.3 is 29.8 Å². The Bertz CT molecular complexity index is 1730. The van der Waals surface area contributed by atoms with Crippen LogP contribution in [0.15, 0.2) is 64.1 Å². The molecular weight excluding hydrogens is 616 g/mol. The molecule has 2 aliphatic rings. The Balaban J connectivity index is 1.43. The van der Waals surface area contributed by atoms with Crippen molar-refractivity contribution in [2.24, 2.45) is 5.92 Å². The van der Waals surface area contributed by atoms with Crippen LogP contribution in [0.1, 0.15) is 66.4 Å². The molecule has 1 aliphatic carbocycles. The third-order valence-electron chi connectivity index (χ3n) is 8.21. The third kappa shape index (κ3) is 8.57. The summed E-state index contributed by atoms with van der Waals surface area (Å²) in [6.07, 6.45) is 7.77. The molecule has 3 aromatic rings. The number of ether oxygens (including phenoxy) is 1. The molecule has 47 heavy (non-hydrogen) atoms. The topological polar surface area (TPSA) is 162 Å². The van der Waals surface area contributed by atoms with Crippen LogP contribution in [0.25, 0.3) is 0 Å². The van der Waals surface area contributed by atoms with Crippen LogP contribution in [0.2, 0.25) is 0 Å². The van der Waals surface area contributed by atoms with E-state index < -0.39 is 53.0 Å². The minimum absolute atomic E-state index is 0.0644. The zero-order valence-electron chi connectivity index (χ0n) is 25.7. The van der Waals surface area contributed by atoms with Crippen molar-refractivity contribution in [3.63, 3.8) is 0 Å². The number of hydrogen-bond acceptors (Lipinski definition) is 8. The summed E-state index contributed by atoms with van der Waals surface area (Å²) in [7, 11) is 0. The van der Waals surface area contributed by atoms with Gasteiger partial charge in [0.15, 0.2) is 17.3 Å². The van der Waals surface area contributed by atoms with Gasteiger partial charge in [-0.1, -0.05) is 17.3 Å². The molecule has 3 heterocycles. The second kappa shape index (κ2) is 15.0. The summed E-state index contributed by atoms with van der Waals surface area (Å²) in [5, 5.41) is 11.7. The summed E-state index contributed by atoms with van der Waals surface area (Å²) >= 11 is 0. The van der Waals surface area contributed by atoms with E-state index in [0.29, 0.717) is 18.7 Å². The quantitative estimate of drug-likeness (QED) is 0.198. The lowest BCUT2D eigenvalue weighted by atomic mass is 9.97. The van der Waals surface area contributed by atoms with E-state index in [-0.39, 0.29) is 41.8 Å². The number of amides is 3. The Morgan fingerprint density at radius 3 is 2.60 bits per heavy atom. The van der Waals surface area contributed by atoms with Gasteiger partial charge in [-0.3, -0.25) is 19.2 Å². The second-order valence-electron chi connectivity index (χ2n) is 11.7. The molecule has 0 spiro atoms. The number of rotatable bonds is 12. The monoisotopic (exact) mass is 651 g/mol. The van der Waals surface area contributed by atoms with Crippen LogP contribution in [-0.4, -0.2) is 52.1 Å². The lowest BCUT2D eigenvalue weighted by molar-refractivity contribution is -0.142. The number of anilines is 1. The fourth-order valence-corrected chi connectivity index (χ4v) is 5.76. The summed E-state index contributed by atoms with van der Waals surface area (Å²) in [4.78, 5) is 65.3. The van der Waals surface area contributed by atoms with Crippen molar-refractivity contribution in [2.45, 2.75) is 70.1 Å². The van der Waals surface area contributed by atoms with E-state index in [9.17, 15) is 32.8 Å². The maximum Gasteiger partial charge on any atom is 0.330 e. The third-order valence-corrected chi connectivity index (χ3v) is 8.21. The molecule has 3 atom stereocenters. The first-order valence-electron chi connectivity index (χ1n) is 15.4. The van der Waals surface area contributed by atoms with Crippen molar-refractivity contribution in [1.82, 2.24) is 20.4 Å². The van der Waals surface area contributed by atoms with Crippen LogP contribution in [-0.2, 0) is 25.5 Å². The molecule has 3 amide bonds. The SMILES string of the molecule is Cc1cc(C(=O)Nc2cccn(C(Cc3ccc(F)c(F)c3)C(=O)NC(C=CC(=O)OC3CCCC3)CC3CCNC3=O)c2=O)no1. The van der Waals surface area contributed by atoms with E-state index in [2.05, 4.69) is 21.1 Å². The maximum absolute atomic E-state index is 14.2. The zero-order chi connectivity index (χ0) is 33.5. The summed E-state index contributed by atoms with van der Waals surface area (Å²) in [5.74, 6) is -4.46. The van der Waals surface area contributed by atoms with E-state index in [4.69, 9.17) is 9.26 Å². The predicted octanol–water partition coefficient (Wildman–Crippen LogP) is 3.51. The standard InChI is InChI=1S/C33H35F2N5O7/c1-19-15-27(39-47-19)31(43)38-26-7-4-14-40(33(26)45)28(17-20-8-10-24(34)25(35)16-20)32(44)37-22(18-21-12-13-36-30(21)42)9-11-29(41)46-23-5-2-3-6-23/h4,7-11,14-16,21-23,28H,2-3,5-6,12-13,17-18H2,1H3,(H,36,42)(H,37,44)(H,38,43). The number of halogens is 2. The van der Waals surface area contributed by atoms with E-state index in [0.717, 1.165) is 42.4 Å². The summed E-state index contributed by atoms with van der Waals surface area (Å²) in [6.45, 7) is 2.07. The molecule has 1 aliphatic heterocycles. The molecule has 2 aromatic heterocycles. The van der Waals surface area contributed by atoms with E-state index >= 15 is 0 Å². The Morgan fingerprint density at radius 1 is 1.13 bits per heavy atom. The lowest BCUT2D eigenvalue weighted by Crippen LogP contribution is -2.43. The van der Waals surface area contributed by atoms with Crippen molar-refractivity contribution >= 4 is 29.4 Å². The number of carbonyl (C=O) groups is 4. The number of nitrogens with one attached hydrogen (secondary N) is 3. The number of carbonyl (C=O) groups excluding carboxylic acids is 4. The van der Waals surface area contributed by atoms with Gasteiger partial charge in [0, 0.05) is 43.3 Å². The molecule has 12 nitrogen and oxygen atoms in total. The van der Waals surface area contributed by atoms with Crippen molar-refractivity contribution in [2.75, 3.05) is 11.9 Å². The van der Waals surface area contributed by atoms with Gasteiger partial charge in [0.25, 0.3) is 11.5 Å². The lowest BCUT2D eigenvalue weighted by Gasteiger charge is -2.24. The van der Waals surface area contributed by atoms with Gasteiger partial charge in [0.1, 0.15) is 23.6 Å². The summed E-state index contributed by atoms with van der Waals surface area (Å²) in [6, 6.07) is 5.16. The molecule has 5 rings (SSSR count). The number of esters is 1.